The second kappa shape index (κ2) is 5.91. The molecule has 4 heteroatoms. The first-order chi connectivity index (χ1) is 8.29. The van der Waals surface area contributed by atoms with E-state index in [1.54, 1.807) is 6.07 Å². The van der Waals surface area contributed by atoms with E-state index in [4.69, 9.17) is 0 Å². The Morgan fingerprint density at radius 2 is 2.06 bits per heavy atom. The second-order valence-electron chi connectivity index (χ2n) is 5.33. The highest BCUT2D eigenvalue weighted by Crippen LogP contribution is 2.22. The Morgan fingerprint density at radius 1 is 1.22 bits per heavy atom. The second-order valence-corrected chi connectivity index (χ2v) is 5.33. The number of aromatic hydroxyl groups is 1. The number of nitrogens with zero attached hydrogens (tertiary/aromatic N) is 1. The lowest BCUT2D eigenvalue weighted by atomic mass is 10.1. The summed E-state index contributed by atoms with van der Waals surface area (Å²) in [7, 11) is 0. The van der Waals surface area contributed by atoms with Crippen LogP contribution in [0.5, 0.6) is 5.75 Å². The summed E-state index contributed by atoms with van der Waals surface area (Å²) in [6.45, 7) is 3.27. The van der Waals surface area contributed by atoms with Crippen LogP contribution in [0.25, 0.3) is 0 Å². The maximum Gasteiger partial charge on any atom is 0.115 e. The number of benzene rings is 1. The first-order valence-corrected chi connectivity index (χ1v) is 6.56. The summed E-state index contributed by atoms with van der Waals surface area (Å²) in [5.74, 6) is 0.372. The molecule has 2 aliphatic heterocycles. The summed E-state index contributed by atoms with van der Waals surface area (Å²) in [5.41, 5.74) is 1.21. The van der Waals surface area contributed by atoms with Crippen molar-refractivity contribution in [2.45, 2.75) is 37.9 Å². The van der Waals surface area contributed by atoms with E-state index in [0.717, 1.165) is 19.1 Å². The predicted molar refractivity (Wildman–Crippen MR) is 75.2 cm³/mol. The van der Waals surface area contributed by atoms with Crippen LogP contribution in [0.3, 0.4) is 0 Å². The number of halogens is 1. The number of phenols is 1. The summed E-state index contributed by atoms with van der Waals surface area (Å²) in [5, 5.41) is 13.2. The summed E-state index contributed by atoms with van der Waals surface area (Å²) >= 11 is 0. The molecular formula is C14H21ClN2O. The first kappa shape index (κ1) is 13.7. The largest absolute Gasteiger partial charge is 0.508 e. The fraction of sp³-hybridized carbons (Fsp3) is 0.571. The molecule has 0 amide bonds. The molecule has 2 heterocycles. The minimum atomic E-state index is 0. The molecule has 18 heavy (non-hydrogen) atoms. The number of phenolic OH excluding ortho intramolecular Hbond substituents is 1. The summed E-state index contributed by atoms with van der Waals surface area (Å²) in [4.78, 5) is 2.51. The predicted octanol–water partition coefficient (Wildman–Crippen LogP) is 2.14. The average molecular weight is 269 g/mol. The number of nitrogens with one attached hydrogen (secondary N) is 1. The zero-order valence-corrected chi connectivity index (χ0v) is 11.3. The molecule has 1 aromatic rings. The van der Waals surface area contributed by atoms with E-state index in [1.807, 2.05) is 12.1 Å². The van der Waals surface area contributed by atoms with E-state index in [2.05, 4.69) is 16.3 Å². The zero-order chi connectivity index (χ0) is 11.7. The van der Waals surface area contributed by atoms with Crippen molar-refractivity contribution in [2.75, 3.05) is 13.1 Å². The Labute approximate surface area is 115 Å². The third-order valence-electron chi connectivity index (χ3n) is 3.92. The van der Waals surface area contributed by atoms with Gasteiger partial charge in [0.1, 0.15) is 5.75 Å². The monoisotopic (exact) mass is 268 g/mol. The lowest BCUT2D eigenvalue weighted by molar-refractivity contribution is 0.250. The van der Waals surface area contributed by atoms with Gasteiger partial charge in [-0.2, -0.15) is 0 Å². The number of fused-ring (bicyclic) bond motifs is 2. The highest BCUT2D eigenvalue weighted by atomic mass is 35.5. The van der Waals surface area contributed by atoms with Gasteiger partial charge in [0, 0.05) is 31.7 Å². The molecular weight excluding hydrogens is 248 g/mol. The SMILES string of the molecule is Cl.Oc1cccc(CN2CCC3CCC(C2)N3)c1. The van der Waals surface area contributed by atoms with Crippen LogP contribution in [-0.2, 0) is 6.54 Å². The van der Waals surface area contributed by atoms with Crippen molar-refractivity contribution in [1.82, 2.24) is 10.2 Å². The molecule has 100 valence electrons. The minimum absolute atomic E-state index is 0. The van der Waals surface area contributed by atoms with Gasteiger partial charge in [0.2, 0.25) is 0 Å². The number of likely N-dealkylation sites (tertiary alicyclic amines) is 1. The maximum absolute atomic E-state index is 9.47. The van der Waals surface area contributed by atoms with Gasteiger partial charge in [-0.1, -0.05) is 12.1 Å². The highest BCUT2D eigenvalue weighted by Gasteiger charge is 2.28. The summed E-state index contributed by atoms with van der Waals surface area (Å²) in [6, 6.07) is 9.05. The Hall–Kier alpha value is -0.770. The molecule has 2 bridgehead atoms. The molecule has 2 fully saturated rings. The molecule has 2 N–H and O–H groups in total. The van der Waals surface area contributed by atoms with E-state index in [0.29, 0.717) is 11.8 Å². The molecule has 3 rings (SSSR count). The third kappa shape index (κ3) is 3.16. The normalized spacial score (nSPS) is 27.6. The van der Waals surface area contributed by atoms with E-state index in [-0.39, 0.29) is 12.4 Å². The van der Waals surface area contributed by atoms with Crippen LogP contribution in [0, 0.1) is 0 Å². The number of hydrogen-bond donors (Lipinski definition) is 2. The van der Waals surface area contributed by atoms with Gasteiger partial charge in [-0.3, -0.25) is 4.90 Å². The van der Waals surface area contributed by atoms with Gasteiger partial charge in [0.25, 0.3) is 0 Å². The van der Waals surface area contributed by atoms with Crippen molar-refractivity contribution in [3.63, 3.8) is 0 Å². The molecule has 3 nitrogen and oxygen atoms in total. The topological polar surface area (TPSA) is 35.5 Å². The first-order valence-electron chi connectivity index (χ1n) is 6.56. The quantitative estimate of drug-likeness (QED) is 0.863. The fourth-order valence-corrected chi connectivity index (χ4v) is 3.07. The van der Waals surface area contributed by atoms with E-state index < -0.39 is 0 Å². The van der Waals surface area contributed by atoms with Crippen LogP contribution in [0.4, 0.5) is 0 Å². The Bertz CT molecular complexity index is 399. The van der Waals surface area contributed by atoms with E-state index >= 15 is 0 Å². The minimum Gasteiger partial charge on any atom is -0.508 e. The third-order valence-corrected chi connectivity index (χ3v) is 3.92. The van der Waals surface area contributed by atoms with Gasteiger partial charge in [0.05, 0.1) is 0 Å². The van der Waals surface area contributed by atoms with Crippen LogP contribution in [0.15, 0.2) is 24.3 Å². The van der Waals surface area contributed by atoms with Gasteiger partial charge in [-0.05, 0) is 37.0 Å². The van der Waals surface area contributed by atoms with Crippen molar-refractivity contribution in [2.24, 2.45) is 0 Å². The van der Waals surface area contributed by atoms with Crippen molar-refractivity contribution < 1.29 is 5.11 Å². The molecule has 0 radical (unpaired) electrons. The summed E-state index contributed by atoms with van der Waals surface area (Å²) in [6.07, 6.45) is 3.93. The molecule has 1 aromatic carbocycles. The maximum atomic E-state index is 9.47. The smallest absolute Gasteiger partial charge is 0.115 e. The van der Waals surface area contributed by atoms with Crippen molar-refractivity contribution in [3.8, 4) is 5.75 Å². The van der Waals surface area contributed by atoms with Crippen LogP contribution < -0.4 is 5.32 Å². The van der Waals surface area contributed by atoms with Crippen molar-refractivity contribution in [1.29, 1.82) is 0 Å². The zero-order valence-electron chi connectivity index (χ0n) is 10.5. The molecule has 0 aromatic heterocycles. The van der Waals surface area contributed by atoms with Crippen molar-refractivity contribution in [3.05, 3.63) is 29.8 Å². The van der Waals surface area contributed by atoms with E-state index in [1.165, 1.54) is 31.4 Å². The molecule has 2 aliphatic rings. The fourth-order valence-electron chi connectivity index (χ4n) is 3.07. The molecule has 0 aliphatic carbocycles. The lowest BCUT2D eigenvalue weighted by Crippen LogP contribution is -2.34. The van der Waals surface area contributed by atoms with Gasteiger partial charge < -0.3 is 10.4 Å². The number of rotatable bonds is 2. The number of hydrogen-bond acceptors (Lipinski definition) is 3. The average Bonchev–Trinajstić information content (AvgIpc) is 2.63. The van der Waals surface area contributed by atoms with Crippen LogP contribution in [-0.4, -0.2) is 35.2 Å². The van der Waals surface area contributed by atoms with Gasteiger partial charge in [-0.15, -0.1) is 12.4 Å². The molecule has 0 saturated carbocycles. The molecule has 2 unspecified atom stereocenters. The van der Waals surface area contributed by atoms with Gasteiger partial charge >= 0.3 is 0 Å². The van der Waals surface area contributed by atoms with Crippen LogP contribution in [0.1, 0.15) is 24.8 Å². The van der Waals surface area contributed by atoms with Crippen LogP contribution in [0.2, 0.25) is 0 Å². The van der Waals surface area contributed by atoms with Crippen LogP contribution >= 0.6 is 12.4 Å². The molecule has 2 saturated heterocycles. The summed E-state index contributed by atoms with van der Waals surface area (Å²) < 4.78 is 0. The molecule has 0 spiro atoms. The highest BCUT2D eigenvalue weighted by molar-refractivity contribution is 5.85. The van der Waals surface area contributed by atoms with Crippen molar-refractivity contribution >= 4 is 12.4 Å². The Kier molecular flexibility index (Phi) is 4.49. The Morgan fingerprint density at radius 3 is 2.89 bits per heavy atom. The standard InChI is InChI=1S/C14H20N2O.ClH/c17-14-3-1-2-11(8-14)9-16-7-6-12-4-5-13(10-16)15-12;/h1-3,8,12-13,15,17H,4-7,9-10H2;1H. The van der Waals surface area contributed by atoms with Gasteiger partial charge in [-0.25, -0.2) is 0 Å². The Balaban J connectivity index is 0.00000120. The van der Waals surface area contributed by atoms with Gasteiger partial charge in [0.15, 0.2) is 0 Å². The lowest BCUT2D eigenvalue weighted by Gasteiger charge is -2.24. The molecule has 2 atom stereocenters. The van der Waals surface area contributed by atoms with E-state index in [9.17, 15) is 5.11 Å².